The number of fused-ring (bicyclic) bond motifs is 1. The molecule has 3 aliphatic heterocycles. The van der Waals surface area contributed by atoms with Crippen LogP contribution >= 0.6 is 0 Å². The van der Waals surface area contributed by atoms with Gasteiger partial charge in [-0.3, -0.25) is 9.59 Å². The number of hydrogen-bond donors (Lipinski definition) is 3. The second kappa shape index (κ2) is 10.8. The first-order valence-electron chi connectivity index (χ1n) is 13.8. The SMILES string of the molecule is COc1cc(C(=O)NCCN2CCC2)ccc1NC1N=C2C(=CN1)N(C)C(=O)C(C)(C)CN2C1CCCC1. The number of nitrogens with zero attached hydrogens (tertiary/aromatic N) is 4. The Morgan fingerprint density at radius 1 is 1.21 bits per heavy atom. The number of nitrogens with one attached hydrogen (secondary N) is 3. The van der Waals surface area contributed by atoms with E-state index in [0.717, 1.165) is 49.7 Å². The van der Waals surface area contributed by atoms with Gasteiger partial charge in [0.15, 0.2) is 12.1 Å². The Kier molecular flexibility index (Phi) is 7.52. The highest BCUT2D eigenvalue weighted by atomic mass is 16.5. The van der Waals surface area contributed by atoms with Gasteiger partial charge in [0, 0.05) is 44.5 Å². The molecule has 2 saturated heterocycles. The molecule has 1 aromatic rings. The average Bonchev–Trinajstić information content (AvgIpc) is 3.40. The number of rotatable bonds is 8. The third kappa shape index (κ3) is 5.32. The molecule has 1 saturated carbocycles. The number of carbonyl (C=O) groups is 2. The molecule has 3 heterocycles. The predicted octanol–water partition coefficient (Wildman–Crippen LogP) is 2.41. The van der Waals surface area contributed by atoms with E-state index in [2.05, 4.69) is 25.8 Å². The zero-order chi connectivity index (χ0) is 26.9. The van der Waals surface area contributed by atoms with Crippen LogP contribution in [-0.2, 0) is 4.79 Å². The number of aliphatic imine (C=N–C) groups is 1. The van der Waals surface area contributed by atoms with Gasteiger partial charge < -0.3 is 35.4 Å². The fraction of sp³-hybridized carbons (Fsp3) is 0.607. The van der Waals surface area contributed by atoms with Crippen molar-refractivity contribution >= 4 is 23.3 Å². The van der Waals surface area contributed by atoms with Crippen LogP contribution in [0.2, 0.25) is 0 Å². The molecule has 0 spiro atoms. The smallest absolute Gasteiger partial charge is 0.251 e. The van der Waals surface area contributed by atoms with Crippen LogP contribution in [-0.4, -0.2) is 91.6 Å². The molecule has 3 N–H and O–H groups in total. The van der Waals surface area contributed by atoms with E-state index < -0.39 is 11.7 Å². The molecule has 1 aliphatic carbocycles. The van der Waals surface area contributed by atoms with E-state index in [1.54, 1.807) is 24.1 Å². The van der Waals surface area contributed by atoms with Crippen molar-refractivity contribution in [2.75, 3.05) is 52.2 Å². The molecular formula is C28H41N7O3. The van der Waals surface area contributed by atoms with Crippen LogP contribution in [0.3, 0.4) is 0 Å². The van der Waals surface area contributed by atoms with Crippen LogP contribution in [0.4, 0.5) is 5.69 Å². The molecule has 206 valence electrons. The van der Waals surface area contributed by atoms with Gasteiger partial charge in [0.05, 0.1) is 18.2 Å². The van der Waals surface area contributed by atoms with Crippen LogP contribution in [0.1, 0.15) is 56.3 Å². The van der Waals surface area contributed by atoms with Gasteiger partial charge in [-0.2, -0.15) is 0 Å². The van der Waals surface area contributed by atoms with Gasteiger partial charge in [-0.25, -0.2) is 4.99 Å². The van der Waals surface area contributed by atoms with Gasteiger partial charge >= 0.3 is 0 Å². The zero-order valence-corrected chi connectivity index (χ0v) is 23.0. The first-order valence-corrected chi connectivity index (χ1v) is 13.8. The number of anilines is 1. The molecule has 0 bridgehead atoms. The van der Waals surface area contributed by atoms with Gasteiger partial charge in [-0.15, -0.1) is 0 Å². The van der Waals surface area contributed by atoms with Gasteiger partial charge in [-0.1, -0.05) is 12.8 Å². The third-order valence-electron chi connectivity index (χ3n) is 8.12. The molecule has 5 rings (SSSR count). The Balaban J connectivity index is 1.33. The second-order valence-corrected chi connectivity index (χ2v) is 11.4. The van der Waals surface area contributed by atoms with Crippen molar-refractivity contribution in [2.24, 2.45) is 10.4 Å². The van der Waals surface area contributed by atoms with E-state index in [1.165, 1.54) is 19.3 Å². The standard InChI is InChI=1S/C28H41N7O3/c1-28(2)18-35(20-8-5-6-9-20)24-22(33(3)26(28)37)17-30-27(32-24)31-21-11-10-19(16-23(21)38-4)25(36)29-12-15-34-13-7-14-34/h10-11,16-17,20,27,30-31H,5-9,12-15,18H2,1-4H3,(H,29,36). The van der Waals surface area contributed by atoms with Crippen molar-refractivity contribution in [3.8, 4) is 5.75 Å². The lowest BCUT2D eigenvalue weighted by Gasteiger charge is -2.36. The highest BCUT2D eigenvalue weighted by Crippen LogP contribution is 2.35. The first kappa shape index (κ1) is 26.3. The maximum Gasteiger partial charge on any atom is 0.251 e. The fourth-order valence-electron chi connectivity index (χ4n) is 5.77. The van der Waals surface area contributed by atoms with Gasteiger partial charge in [-0.05, 0) is 64.4 Å². The predicted molar refractivity (Wildman–Crippen MR) is 148 cm³/mol. The van der Waals surface area contributed by atoms with Gasteiger partial charge in [0.1, 0.15) is 11.4 Å². The summed E-state index contributed by atoms with van der Waals surface area (Å²) in [5.41, 5.74) is 1.56. The van der Waals surface area contributed by atoms with Crippen LogP contribution in [0, 0.1) is 5.41 Å². The summed E-state index contributed by atoms with van der Waals surface area (Å²) in [6.45, 7) is 8.40. The number of amides is 2. The second-order valence-electron chi connectivity index (χ2n) is 11.4. The quantitative estimate of drug-likeness (QED) is 0.481. The summed E-state index contributed by atoms with van der Waals surface area (Å²) in [6, 6.07) is 5.78. The number of methoxy groups -OCH3 is 1. The van der Waals surface area contributed by atoms with Crippen LogP contribution < -0.4 is 20.7 Å². The van der Waals surface area contributed by atoms with Crippen molar-refractivity contribution in [1.29, 1.82) is 0 Å². The molecule has 0 aromatic heterocycles. The van der Waals surface area contributed by atoms with Gasteiger partial charge in [0.2, 0.25) is 5.91 Å². The molecule has 38 heavy (non-hydrogen) atoms. The summed E-state index contributed by atoms with van der Waals surface area (Å²) in [7, 11) is 3.43. The summed E-state index contributed by atoms with van der Waals surface area (Å²) in [6.07, 6.45) is 7.30. The molecule has 1 unspecified atom stereocenters. The lowest BCUT2D eigenvalue weighted by Crippen LogP contribution is -2.47. The number of likely N-dealkylation sites (tertiary alicyclic amines) is 1. The topological polar surface area (TPSA) is 102 Å². The van der Waals surface area contributed by atoms with E-state index in [9.17, 15) is 9.59 Å². The summed E-state index contributed by atoms with van der Waals surface area (Å²) in [5, 5.41) is 9.71. The van der Waals surface area contributed by atoms with Crippen molar-refractivity contribution in [2.45, 2.75) is 58.3 Å². The summed E-state index contributed by atoms with van der Waals surface area (Å²) < 4.78 is 5.63. The molecule has 2 amide bonds. The molecule has 10 heteroatoms. The molecule has 1 atom stereocenters. The maximum atomic E-state index is 13.3. The highest BCUT2D eigenvalue weighted by molar-refractivity contribution is 6.04. The minimum atomic E-state index is -0.518. The Bertz CT molecular complexity index is 1120. The summed E-state index contributed by atoms with van der Waals surface area (Å²) in [4.78, 5) is 37.4. The average molecular weight is 524 g/mol. The van der Waals surface area contributed by atoms with Crippen molar-refractivity contribution in [3.63, 3.8) is 0 Å². The van der Waals surface area contributed by atoms with Crippen LogP contribution in [0.25, 0.3) is 0 Å². The number of carbonyl (C=O) groups excluding carboxylic acids is 2. The Labute approximate surface area is 225 Å². The number of ether oxygens (including phenoxy) is 1. The molecule has 4 aliphatic rings. The lowest BCUT2D eigenvalue weighted by atomic mass is 9.91. The molecular weight excluding hydrogens is 482 g/mol. The normalized spacial score (nSPS) is 23.5. The van der Waals surface area contributed by atoms with Crippen molar-refractivity contribution in [1.82, 2.24) is 25.3 Å². The maximum absolute atomic E-state index is 13.3. The summed E-state index contributed by atoms with van der Waals surface area (Å²) in [5.74, 6) is 1.39. The first-order chi connectivity index (χ1) is 18.3. The van der Waals surface area contributed by atoms with Crippen molar-refractivity contribution < 1.29 is 14.3 Å². The molecule has 0 radical (unpaired) electrons. The molecule has 3 fully saturated rings. The van der Waals surface area contributed by atoms with Gasteiger partial charge in [0.25, 0.3) is 5.91 Å². The van der Waals surface area contributed by atoms with E-state index in [-0.39, 0.29) is 11.8 Å². The number of likely N-dealkylation sites (N-methyl/N-ethyl adjacent to an activating group) is 1. The van der Waals surface area contributed by atoms with Crippen molar-refractivity contribution in [3.05, 3.63) is 35.7 Å². The molecule has 1 aromatic carbocycles. The largest absolute Gasteiger partial charge is 0.495 e. The molecule has 10 nitrogen and oxygen atoms in total. The highest BCUT2D eigenvalue weighted by Gasteiger charge is 2.43. The van der Waals surface area contributed by atoms with E-state index in [0.29, 0.717) is 30.4 Å². The van der Waals surface area contributed by atoms with E-state index in [1.807, 2.05) is 33.2 Å². The number of hydrogen-bond acceptors (Lipinski definition) is 8. The fourth-order valence-corrected chi connectivity index (χ4v) is 5.77. The Hall–Kier alpha value is -3.27. The van der Waals surface area contributed by atoms with Crippen LogP contribution in [0.5, 0.6) is 5.75 Å². The third-order valence-corrected chi connectivity index (χ3v) is 8.12. The number of benzene rings is 1. The monoisotopic (exact) mass is 523 g/mol. The summed E-state index contributed by atoms with van der Waals surface area (Å²) >= 11 is 0. The van der Waals surface area contributed by atoms with E-state index in [4.69, 9.17) is 9.73 Å². The minimum absolute atomic E-state index is 0.0885. The minimum Gasteiger partial charge on any atom is -0.495 e. The number of amidine groups is 1. The zero-order valence-electron chi connectivity index (χ0n) is 23.0. The van der Waals surface area contributed by atoms with E-state index >= 15 is 0 Å². The Morgan fingerprint density at radius 3 is 2.66 bits per heavy atom. The Morgan fingerprint density at radius 2 is 1.97 bits per heavy atom. The van der Waals surface area contributed by atoms with Crippen LogP contribution in [0.15, 0.2) is 35.1 Å². The lowest BCUT2D eigenvalue weighted by molar-refractivity contribution is -0.136.